The zero-order chi connectivity index (χ0) is 16.4. The molecule has 1 heterocycles. The number of thiazole rings is 1. The molecular formula is C13H10F3N3O2S. The summed E-state index contributed by atoms with van der Waals surface area (Å²) in [4.78, 5) is 15.3. The Morgan fingerprint density at radius 2 is 2.09 bits per heavy atom. The number of hydrogen-bond donors (Lipinski definition) is 2. The predicted molar refractivity (Wildman–Crippen MR) is 72.8 cm³/mol. The molecule has 1 unspecified atom stereocenters. The number of aromatic nitrogens is 1. The summed E-state index contributed by atoms with van der Waals surface area (Å²) in [6, 6.07) is 7.91. The lowest BCUT2D eigenvalue weighted by atomic mass is 9.99. The number of carbonyl (C=O) groups is 1. The second kappa shape index (κ2) is 5.90. The van der Waals surface area contributed by atoms with Gasteiger partial charge >= 0.3 is 6.18 Å². The molecule has 2 rings (SSSR count). The zero-order valence-corrected chi connectivity index (χ0v) is 11.8. The van der Waals surface area contributed by atoms with E-state index in [0.717, 1.165) is 0 Å². The Hall–Kier alpha value is -2.18. The zero-order valence-electron chi connectivity index (χ0n) is 11.0. The third-order valence-electron chi connectivity index (χ3n) is 2.90. The molecule has 0 fully saturated rings. The number of hydrogen-bond acceptors (Lipinski definition) is 5. The van der Waals surface area contributed by atoms with E-state index in [-0.39, 0.29) is 0 Å². The highest BCUT2D eigenvalue weighted by Gasteiger charge is 2.58. The molecule has 22 heavy (non-hydrogen) atoms. The fraction of sp³-hybridized carbons (Fsp3) is 0.308. The van der Waals surface area contributed by atoms with Crippen LogP contribution in [-0.4, -0.2) is 28.7 Å². The molecule has 116 valence electrons. The Morgan fingerprint density at radius 3 is 2.68 bits per heavy atom. The molecule has 1 aromatic heterocycles. The van der Waals surface area contributed by atoms with Crippen LogP contribution in [0.25, 0.3) is 10.2 Å². The number of halogens is 3. The van der Waals surface area contributed by atoms with Gasteiger partial charge in [0.2, 0.25) is 11.5 Å². The summed E-state index contributed by atoms with van der Waals surface area (Å²) in [7, 11) is 0. The summed E-state index contributed by atoms with van der Waals surface area (Å²) in [5.41, 5.74) is -3.08. The van der Waals surface area contributed by atoms with Gasteiger partial charge in [0.1, 0.15) is 11.6 Å². The van der Waals surface area contributed by atoms with E-state index in [9.17, 15) is 23.1 Å². The van der Waals surface area contributed by atoms with Gasteiger partial charge in [0.15, 0.2) is 0 Å². The molecular weight excluding hydrogens is 319 g/mol. The minimum absolute atomic E-state index is 0.308. The highest BCUT2D eigenvalue weighted by Crippen LogP contribution is 2.44. The first-order chi connectivity index (χ1) is 10.3. The SMILES string of the molecule is N#CCNC(=O)CC(O)(c1nc2ccccc2s1)C(F)(F)F. The molecule has 0 aliphatic carbocycles. The van der Waals surface area contributed by atoms with E-state index in [4.69, 9.17) is 5.26 Å². The predicted octanol–water partition coefficient (Wildman–Crippen LogP) is 2.08. The van der Waals surface area contributed by atoms with Crippen molar-refractivity contribution < 1.29 is 23.1 Å². The second-order valence-electron chi connectivity index (χ2n) is 4.46. The first-order valence-electron chi connectivity index (χ1n) is 6.07. The highest BCUT2D eigenvalue weighted by molar-refractivity contribution is 7.18. The molecule has 0 saturated heterocycles. The van der Waals surface area contributed by atoms with E-state index < -0.39 is 35.7 Å². The van der Waals surface area contributed by atoms with Crippen LogP contribution in [0.4, 0.5) is 13.2 Å². The number of benzene rings is 1. The number of nitrogens with zero attached hydrogens (tertiary/aromatic N) is 2. The average molecular weight is 329 g/mol. The maximum absolute atomic E-state index is 13.3. The normalized spacial score (nSPS) is 14.3. The third-order valence-corrected chi connectivity index (χ3v) is 4.09. The monoisotopic (exact) mass is 329 g/mol. The fourth-order valence-electron chi connectivity index (χ4n) is 1.78. The molecule has 1 amide bonds. The molecule has 0 bridgehead atoms. The molecule has 1 atom stereocenters. The molecule has 9 heteroatoms. The molecule has 0 aliphatic heterocycles. The summed E-state index contributed by atoms with van der Waals surface area (Å²) in [5, 5.41) is 19.8. The summed E-state index contributed by atoms with van der Waals surface area (Å²) >= 11 is 0.671. The molecule has 0 saturated carbocycles. The van der Waals surface area contributed by atoms with Gasteiger partial charge in [0.05, 0.1) is 22.7 Å². The Bertz CT molecular complexity index is 705. The van der Waals surface area contributed by atoms with Gasteiger partial charge in [0.25, 0.3) is 0 Å². The van der Waals surface area contributed by atoms with Crippen LogP contribution in [0.1, 0.15) is 11.4 Å². The maximum atomic E-state index is 13.3. The van der Waals surface area contributed by atoms with Gasteiger partial charge in [-0.05, 0) is 12.1 Å². The van der Waals surface area contributed by atoms with Crippen molar-refractivity contribution in [1.29, 1.82) is 5.26 Å². The van der Waals surface area contributed by atoms with Gasteiger partial charge in [-0.25, -0.2) is 4.98 Å². The van der Waals surface area contributed by atoms with Crippen molar-refractivity contribution >= 4 is 27.5 Å². The minimum atomic E-state index is -5.08. The Morgan fingerprint density at radius 1 is 1.41 bits per heavy atom. The summed E-state index contributed by atoms with van der Waals surface area (Å²) < 4.78 is 40.3. The Balaban J connectivity index is 2.41. The number of nitriles is 1. The maximum Gasteiger partial charge on any atom is 0.424 e. The standard InChI is InChI=1S/C13H10F3N3O2S/c14-13(15,16)12(21,7-10(20)18-6-5-17)11-19-8-3-1-2-4-9(8)22-11/h1-4,21H,6-7H2,(H,18,20). The second-order valence-corrected chi connectivity index (χ2v) is 5.49. The Labute approximate surface area is 127 Å². The number of alkyl halides is 3. The van der Waals surface area contributed by atoms with Crippen LogP contribution >= 0.6 is 11.3 Å². The molecule has 0 radical (unpaired) electrons. The fourth-order valence-corrected chi connectivity index (χ4v) is 2.85. The summed E-state index contributed by atoms with van der Waals surface area (Å²) in [5.74, 6) is -1.08. The van der Waals surface area contributed by atoms with Crippen molar-refractivity contribution in [3.05, 3.63) is 29.3 Å². The van der Waals surface area contributed by atoms with Gasteiger partial charge in [0, 0.05) is 0 Å². The number of para-hydroxylation sites is 1. The summed E-state index contributed by atoms with van der Waals surface area (Å²) in [6.07, 6.45) is -6.33. The van der Waals surface area contributed by atoms with Crippen LogP contribution in [0, 0.1) is 11.3 Å². The topological polar surface area (TPSA) is 86.0 Å². The molecule has 0 aliphatic rings. The lowest BCUT2D eigenvalue weighted by molar-refractivity contribution is -0.267. The van der Waals surface area contributed by atoms with Crippen LogP contribution in [0.3, 0.4) is 0 Å². The van der Waals surface area contributed by atoms with E-state index in [1.165, 1.54) is 6.07 Å². The lowest BCUT2D eigenvalue weighted by Crippen LogP contribution is -2.46. The van der Waals surface area contributed by atoms with Crippen molar-refractivity contribution in [1.82, 2.24) is 10.3 Å². The van der Waals surface area contributed by atoms with Crippen LogP contribution < -0.4 is 5.32 Å². The van der Waals surface area contributed by atoms with Gasteiger partial charge in [-0.15, -0.1) is 11.3 Å². The molecule has 5 nitrogen and oxygen atoms in total. The molecule has 1 aromatic carbocycles. The van der Waals surface area contributed by atoms with Crippen LogP contribution in [-0.2, 0) is 10.4 Å². The number of amides is 1. The van der Waals surface area contributed by atoms with E-state index in [1.54, 1.807) is 24.3 Å². The number of carbonyl (C=O) groups excluding carboxylic acids is 1. The van der Waals surface area contributed by atoms with Gasteiger partial charge in [-0.1, -0.05) is 12.1 Å². The van der Waals surface area contributed by atoms with Gasteiger partial charge < -0.3 is 10.4 Å². The van der Waals surface area contributed by atoms with E-state index in [1.807, 2.05) is 5.32 Å². The third kappa shape index (κ3) is 3.03. The van der Waals surface area contributed by atoms with E-state index >= 15 is 0 Å². The van der Waals surface area contributed by atoms with Crippen molar-refractivity contribution in [2.75, 3.05) is 6.54 Å². The minimum Gasteiger partial charge on any atom is -0.374 e. The van der Waals surface area contributed by atoms with Crippen LogP contribution in [0.5, 0.6) is 0 Å². The van der Waals surface area contributed by atoms with Crippen LogP contribution in [0.15, 0.2) is 24.3 Å². The van der Waals surface area contributed by atoms with Crippen molar-refractivity contribution in [3.8, 4) is 6.07 Å². The van der Waals surface area contributed by atoms with Crippen molar-refractivity contribution in [2.24, 2.45) is 0 Å². The summed E-state index contributed by atoms with van der Waals surface area (Å²) in [6.45, 7) is -0.438. The molecule has 0 spiro atoms. The Kier molecular flexibility index (Phi) is 4.35. The first-order valence-corrected chi connectivity index (χ1v) is 6.88. The number of nitrogens with one attached hydrogen (secondary N) is 1. The van der Waals surface area contributed by atoms with Gasteiger partial charge in [-0.2, -0.15) is 18.4 Å². The number of rotatable bonds is 4. The largest absolute Gasteiger partial charge is 0.424 e. The first kappa shape index (κ1) is 16.2. The molecule has 2 aromatic rings. The number of fused-ring (bicyclic) bond motifs is 1. The highest BCUT2D eigenvalue weighted by atomic mass is 32.1. The van der Waals surface area contributed by atoms with Gasteiger partial charge in [-0.3, -0.25) is 4.79 Å². The van der Waals surface area contributed by atoms with Crippen molar-refractivity contribution in [3.63, 3.8) is 0 Å². The smallest absolute Gasteiger partial charge is 0.374 e. The average Bonchev–Trinajstić information content (AvgIpc) is 2.88. The molecule has 2 N–H and O–H groups in total. The van der Waals surface area contributed by atoms with E-state index in [0.29, 0.717) is 21.6 Å². The van der Waals surface area contributed by atoms with Crippen molar-refractivity contribution in [2.45, 2.75) is 18.2 Å². The lowest BCUT2D eigenvalue weighted by Gasteiger charge is -2.27. The van der Waals surface area contributed by atoms with E-state index in [2.05, 4.69) is 4.98 Å². The quantitative estimate of drug-likeness (QED) is 0.841. The van der Waals surface area contributed by atoms with Crippen LogP contribution in [0.2, 0.25) is 0 Å². The number of aliphatic hydroxyl groups is 1.